The zero-order chi connectivity index (χ0) is 25.2. The number of ketones is 1. The number of aromatic nitrogens is 3. The van der Waals surface area contributed by atoms with E-state index in [0.717, 1.165) is 5.56 Å². The molecule has 1 aliphatic rings. The van der Waals surface area contributed by atoms with Crippen LogP contribution in [0.5, 0.6) is 5.75 Å². The van der Waals surface area contributed by atoms with Gasteiger partial charge in [-0.25, -0.2) is 9.97 Å². The fourth-order valence-electron chi connectivity index (χ4n) is 3.79. The highest BCUT2D eigenvalue weighted by molar-refractivity contribution is 6.11. The number of hydrogen-bond donors (Lipinski definition) is 4. The first kappa shape index (κ1) is 22.7. The number of amides is 3. The molecule has 11 nitrogen and oxygen atoms in total. The number of nitrogens with zero attached hydrogens (tertiary/aromatic N) is 2. The molecule has 0 radical (unpaired) electrons. The van der Waals surface area contributed by atoms with Crippen molar-refractivity contribution in [2.75, 3.05) is 17.2 Å². The van der Waals surface area contributed by atoms with Crippen LogP contribution in [0.25, 0.3) is 11.0 Å². The SMILES string of the molecule is CC(=O)c1cccc(C(=O)Nc2c[nH]c3c(C(=O)NCc4ccc5c(c4)NC(=O)CO5)ncnc23)c1. The lowest BCUT2D eigenvalue weighted by molar-refractivity contribution is -0.118. The third-order valence-electron chi connectivity index (χ3n) is 5.59. The summed E-state index contributed by atoms with van der Waals surface area (Å²) in [5.74, 6) is -0.695. The Kier molecular flexibility index (Phi) is 5.87. The summed E-state index contributed by atoms with van der Waals surface area (Å²) in [6.45, 7) is 1.58. The van der Waals surface area contributed by atoms with E-state index in [4.69, 9.17) is 4.74 Å². The summed E-state index contributed by atoms with van der Waals surface area (Å²) in [7, 11) is 0. The van der Waals surface area contributed by atoms with Crippen molar-refractivity contribution in [1.82, 2.24) is 20.3 Å². The van der Waals surface area contributed by atoms with Gasteiger partial charge in [-0.1, -0.05) is 18.2 Å². The number of fused-ring (bicyclic) bond motifs is 2. The lowest BCUT2D eigenvalue weighted by Crippen LogP contribution is -2.26. The number of anilines is 2. The summed E-state index contributed by atoms with van der Waals surface area (Å²) < 4.78 is 5.34. The highest BCUT2D eigenvalue weighted by Crippen LogP contribution is 2.28. The van der Waals surface area contributed by atoms with Gasteiger partial charge in [0.05, 0.1) is 16.9 Å². The summed E-state index contributed by atoms with van der Waals surface area (Å²) in [4.78, 5) is 60.0. The van der Waals surface area contributed by atoms with Crippen molar-refractivity contribution in [2.24, 2.45) is 0 Å². The molecule has 0 atom stereocenters. The Morgan fingerprint density at radius 3 is 2.72 bits per heavy atom. The predicted molar refractivity (Wildman–Crippen MR) is 130 cm³/mol. The third-order valence-corrected chi connectivity index (χ3v) is 5.59. The van der Waals surface area contributed by atoms with Gasteiger partial charge in [-0.15, -0.1) is 0 Å². The molecule has 0 fully saturated rings. The van der Waals surface area contributed by atoms with Crippen LogP contribution in [0.2, 0.25) is 0 Å². The van der Waals surface area contributed by atoms with Crippen molar-refractivity contribution in [3.63, 3.8) is 0 Å². The van der Waals surface area contributed by atoms with Crippen molar-refractivity contribution >= 4 is 45.9 Å². The van der Waals surface area contributed by atoms with Crippen LogP contribution in [0, 0.1) is 0 Å². The molecule has 0 unspecified atom stereocenters. The number of benzene rings is 2. The Labute approximate surface area is 204 Å². The quantitative estimate of drug-likeness (QED) is 0.307. The van der Waals surface area contributed by atoms with Crippen LogP contribution in [0.3, 0.4) is 0 Å². The lowest BCUT2D eigenvalue weighted by atomic mass is 10.1. The van der Waals surface area contributed by atoms with E-state index in [1.54, 1.807) is 36.4 Å². The van der Waals surface area contributed by atoms with Gasteiger partial charge >= 0.3 is 0 Å². The van der Waals surface area contributed by atoms with E-state index < -0.39 is 11.8 Å². The zero-order valence-corrected chi connectivity index (χ0v) is 19.0. The van der Waals surface area contributed by atoms with Crippen LogP contribution < -0.4 is 20.7 Å². The Bertz CT molecular complexity index is 1540. The molecule has 11 heteroatoms. The smallest absolute Gasteiger partial charge is 0.272 e. The van der Waals surface area contributed by atoms with Crippen molar-refractivity contribution < 1.29 is 23.9 Å². The zero-order valence-electron chi connectivity index (χ0n) is 19.0. The van der Waals surface area contributed by atoms with Gasteiger partial charge in [-0.3, -0.25) is 19.2 Å². The van der Waals surface area contributed by atoms with Crippen LogP contribution >= 0.6 is 0 Å². The van der Waals surface area contributed by atoms with E-state index in [0.29, 0.717) is 39.3 Å². The van der Waals surface area contributed by atoms with Crippen molar-refractivity contribution in [3.8, 4) is 5.75 Å². The molecule has 4 aromatic rings. The average molecular weight is 484 g/mol. The molecule has 180 valence electrons. The molecular weight excluding hydrogens is 464 g/mol. The topological polar surface area (TPSA) is 155 Å². The maximum Gasteiger partial charge on any atom is 0.272 e. The van der Waals surface area contributed by atoms with Crippen molar-refractivity contribution in [2.45, 2.75) is 13.5 Å². The van der Waals surface area contributed by atoms with Crippen molar-refractivity contribution in [1.29, 1.82) is 0 Å². The van der Waals surface area contributed by atoms with E-state index in [2.05, 4.69) is 30.9 Å². The largest absolute Gasteiger partial charge is 0.482 e. The van der Waals surface area contributed by atoms with E-state index in [9.17, 15) is 19.2 Å². The summed E-state index contributed by atoms with van der Waals surface area (Å²) in [6, 6.07) is 11.6. The number of aromatic amines is 1. The number of hydrogen-bond acceptors (Lipinski definition) is 7. The van der Waals surface area contributed by atoms with Gasteiger partial charge in [0, 0.05) is 23.9 Å². The normalized spacial score (nSPS) is 12.3. The molecule has 3 amide bonds. The van der Waals surface area contributed by atoms with E-state index in [-0.39, 0.29) is 30.5 Å². The Morgan fingerprint density at radius 1 is 1.06 bits per heavy atom. The Morgan fingerprint density at radius 2 is 1.89 bits per heavy atom. The second-order valence-electron chi connectivity index (χ2n) is 8.09. The van der Waals surface area contributed by atoms with Crippen LogP contribution in [-0.2, 0) is 11.3 Å². The van der Waals surface area contributed by atoms with E-state index in [1.807, 2.05) is 0 Å². The maximum absolute atomic E-state index is 12.9. The number of ether oxygens (including phenoxy) is 1. The van der Waals surface area contributed by atoms with Gasteiger partial charge in [0.2, 0.25) is 0 Å². The van der Waals surface area contributed by atoms with Gasteiger partial charge in [0.15, 0.2) is 18.1 Å². The maximum atomic E-state index is 12.9. The minimum Gasteiger partial charge on any atom is -0.482 e. The number of nitrogens with one attached hydrogen (secondary N) is 4. The fraction of sp³-hybridized carbons (Fsp3) is 0.120. The van der Waals surface area contributed by atoms with E-state index in [1.165, 1.54) is 25.5 Å². The molecule has 36 heavy (non-hydrogen) atoms. The van der Waals surface area contributed by atoms with Gasteiger partial charge in [-0.05, 0) is 36.8 Å². The Balaban J connectivity index is 1.31. The predicted octanol–water partition coefficient (Wildman–Crippen LogP) is 2.67. The lowest BCUT2D eigenvalue weighted by Gasteiger charge is -2.18. The minimum atomic E-state index is -0.450. The molecule has 4 N–H and O–H groups in total. The molecule has 3 heterocycles. The van der Waals surface area contributed by atoms with Crippen LogP contribution in [0.15, 0.2) is 55.0 Å². The van der Waals surface area contributed by atoms with Crippen LogP contribution in [0.1, 0.15) is 43.7 Å². The standard InChI is InChI=1S/C25H20N6O5/c1-13(32)15-3-2-4-16(8-15)24(34)31-18-10-26-22-21(18)28-12-29-23(22)25(35)27-9-14-5-6-19-17(7-14)30-20(33)11-36-19/h2-8,10,12,26H,9,11H2,1H3,(H,27,35)(H,30,33)(H,31,34). The molecule has 0 saturated carbocycles. The number of Topliss-reactive ketones (excluding diaryl/α,β-unsaturated/α-hetero) is 1. The van der Waals surface area contributed by atoms with Gasteiger partial charge in [0.25, 0.3) is 17.7 Å². The fourth-order valence-corrected chi connectivity index (χ4v) is 3.79. The van der Waals surface area contributed by atoms with E-state index >= 15 is 0 Å². The first-order valence-electron chi connectivity index (χ1n) is 11.0. The minimum absolute atomic E-state index is 0.0316. The highest BCUT2D eigenvalue weighted by atomic mass is 16.5. The van der Waals surface area contributed by atoms with Crippen LogP contribution in [0.4, 0.5) is 11.4 Å². The summed E-state index contributed by atoms with van der Waals surface area (Å²) in [5, 5.41) is 8.28. The van der Waals surface area contributed by atoms with Crippen molar-refractivity contribution in [3.05, 3.63) is 77.4 Å². The molecule has 2 aromatic heterocycles. The number of carbonyl (C=O) groups is 4. The number of rotatable bonds is 6. The molecule has 5 rings (SSSR count). The molecule has 0 saturated heterocycles. The van der Waals surface area contributed by atoms with Gasteiger partial charge in [0.1, 0.15) is 17.6 Å². The summed E-state index contributed by atoms with van der Waals surface area (Å²) in [6.07, 6.45) is 2.76. The number of carbonyl (C=O) groups excluding carboxylic acids is 4. The summed E-state index contributed by atoms with van der Waals surface area (Å²) in [5.41, 5.74) is 3.23. The molecule has 2 aromatic carbocycles. The summed E-state index contributed by atoms with van der Waals surface area (Å²) >= 11 is 0. The highest BCUT2D eigenvalue weighted by Gasteiger charge is 2.19. The average Bonchev–Trinajstić information content (AvgIpc) is 3.29. The van der Waals surface area contributed by atoms with Crippen LogP contribution in [-0.4, -0.2) is 45.1 Å². The van der Waals surface area contributed by atoms with Gasteiger partial charge in [-0.2, -0.15) is 0 Å². The molecule has 0 spiro atoms. The molecule has 0 aliphatic carbocycles. The number of H-pyrrole nitrogens is 1. The Hall–Kier alpha value is -5.06. The second-order valence-corrected chi connectivity index (χ2v) is 8.09. The third kappa shape index (κ3) is 4.49. The molecule has 1 aliphatic heterocycles. The first-order chi connectivity index (χ1) is 17.4. The first-order valence-corrected chi connectivity index (χ1v) is 11.0. The molecule has 0 bridgehead atoms. The monoisotopic (exact) mass is 484 g/mol. The van der Waals surface area contributed by atoms with Gasteiger partial charge < -0.3 is 25.7 Å². The second kappa shape index (κ2) is 9.29. The molecular formula is C25H20N6O5.